The first-order valence-electron chi connectivity index (χ1n) is 10.1. The maximum atomic E-state index is 5.59. The average Bonchev–Trinajstić information content (AvgIpc) is 3.16. The Morgan fingerprint density at radius 3 is 2.69 bits per heavy atom. The number of aliphatic imine (C=N–C) groups is 1. The molecule has 6 nitrogen and oxygen atoms in total. The van der Waals surface area contributed by atoms with Crippen LogP contribution in [0, 0.1) is 0 Å². The van der Waals surface area contributed by atoms with Crippen LogP contribution in [-0.2, 0) is 6.54 Å². The van der Waals surface area contributed by atoms with Crippen LogP contribution in [0.2, 0.25) is 0 Å². The molecule has 1 fully saturated rings. The summed E-state index contributed by atoms with van der Waals surface area (Å²) in [5, 5.41) is 6.92. The van der Waals surface area contributed by atoms with Crippen LogP contribution in [0.1, 0.15) is 32.8 Å². The zero-order valence-electron chi connectivity index (χ0n) is 17.5. The first kappa shape index (κ1) is 23.3. The first-order valence-corrected chi connectivity index (χ1v) is 10.1. The van der Waals surface area contributed by atoms with Gasteiger partial charge < -0.3 is 20.3 Å². The minimum absolute atomic E-state index is 0. The minimum Gasteiger partial charge on any atom is -0.475 e. The number of halogens is 1. The van der Waals surface area contributed by atoms with Gasteiger partial charge >= 0.3 is 0 Å². The number of guanidine groups is 1. The molecule has 0 amide bonds. The fourth-order valence-electron chi connectivity index (χ4n) is 3.25. The van der Waals surface area contributed by atoms with Crippen LogP contribution in [0.25, 0.3) is 0 Å². The number of nitrogens with one attached hydrogen (secondary N) is 2. The van der Waals surface area contributed by atoms with E-state index in [1.807, 2.05) is 32.2 Å². The molecule has 1 aromatic heterocycles. The first-order chi connectivity index (χ1) is 13.6. The van der Waals surface area contributed by atoms with E-state index in [9.17, 15) is 0 Å². The number of anilines is 1. The highest BCUT2D eigenvalue weighted by atomic mass is 127. The third-order valence-electron chi connectivity index (χ3n) is 4.57. The summed E-state index contributed by atoms with van der Waals surface area (Å²) in [5.74, 6) is 1.50. The van der Waals surface area contributed by atoms with Gasteiger partial charge in [0, 0.05) is 43.6 Å². The van der Waals surface area contributed by atoms with Crippen molar-refractivity contribution in [2.45, 2.75) is 45.9 Å². The maximum Gasteiger partial charge on any atom is 0.213 e. The fourth-order valence-corrected chi connectivity index (χ4v) is 3.25. The van der Waals surface area contributed by atoms with Crippen LogP contribution in [0.5, 0.6) is 5.88 Å². The van der Waals surface area contributed by atoms with Crippen molar-refractivity contribution in [2.24, 2.45) is 4.99 Å². The Hall–Kier alpha value is -2.03. The molecule has 1 aromatic carbocycles. The molecule has 0 radical (unpaired) electrons. The monoisotopic (exact) mass is 509 g/mol. The topological polar surface area (TPSA) is 61.8 Å². The summed E-state index contributed by atoms with van der Waals surface area (Å²) < 4.78 is 5.59. The summed E-state index contributed by atoms with van der Waals surface area (Å²) in [4.78, 5) is 11.5. The molecule has 2 N–H and O–H groups in total. The van der Waals surface area contributed by atoms with E-state index in [-0.39, 0.29) is 30.1 Å². The van der Waals surface area contributed by atoms with Gasteiger partial charge in [0.1, 0.15) is 0 Å². The molecule has 1 aliphatic rings. The van der Waals surface area contributed by atoms with E-state index in [2.05, 4.69) is 57.8 Å². The summed E-state index contributed by atoms with van der Waals surface area (Å²) in [6, 6.07) is 14.9. The molecule has 158 valence electrons. The Labute approximate surface area is 191 Å². The van der Waals surface area contributed by atoms with Gasteiger partial charge in [-0.25, -0.2) is 9.98 Å². The molecule has 0 spiro atoms. The quantitative estimate of drug-likeness (QED) is 0.338. The lowest BCUT2D eigenvalue weighted by molar-refractivity contribution is 0.232. The van der Waals surface area contributed by atoms with Crippen molar-refractivity contribution < 1.29 is 4.74 Å². The van der Waals surface area contributed by atoms with Crippen LogP contribution in [-0.4, -0.2) is 42.7 Å². The van der Waals surface area contributed by atoms with Crippen LogP contribution in [0.15, 0.2) is 53.7 Å². The number of hydrogen-bond acceptors (Lipinski definition) is 4. The molecule has 1 saturated heterocycles. The van der Waals surface area contributed by atoms with Gasteiger partial charge in [0.25, 0.3) is 0 Å². The number of para-hydroxylation sites is 1. The molecular formula is C22H32IN5O. The Kier molecular flexibility index (Phi) is 9.50. The van der Waals surface area contributed by atoms with Gasteiger partial charge in [-0.15, -0.1) is 24.0 Å². The van der Waals surface area contributed by atoms with E-state index < -0.39 is 0 Å². The summed E-state index contributed by atoms with van der Waals surface area (Å²) in [6.07, 6.45) is 3.06. The third kappa shape index (κ3) is 7.38. The largest absolute Gasteiger partial charge is 0.475 e. The summed E-state index contributed by atoms with van der Waals surface area (Å²) in [6.45, 7) is 9.54. The Morgan fingerprint density at radius 1 is 1.24 bits per heavy atom. The van der Waals surface area contributed by atoms with E-state index in [0.717, 1.165) is 37.6 Å². The highest BCUT2D eigenvalue weighted by molar-refractivity contribution is 14.0. The molecule has 7 heteroatoms. The van der Waals surface area contributed by atoms with Gasteiger partial charge in [0.2, 0.25) is 5.88 Å². The highest BCUT2D eigenvalue weighted by Gasteiger charge is 2.23. The zero-order chi connectivity index (χ0) is 19.8. The lowest BCUT2D eigenvalue weighted by Gasteiger charge is -2.20. The number of rotatable bonds is 7. The van der Waals surface area contributed by atoms with Gasteiger partial charge in [0.05, 0.1) is 12.6 Å². The van der Waals surface area contributed by atoms with Crippen molar-refractivity contribution in [2.75, 3.05) is 24.5 Å². The van der Waals surface area contributed by atoms with Gasteiger partial charge in [-0.05, 0) is 44.9 Å². The van der Waals surface area contributed by atoms with Gasteiger partial charge in [0.15, 0.2) is 5.96 Å². The standard InChI is InChI=1S/C22H31N5O.HI/c1-4-23-22(25-15-18-10-11-21(24-14-18)28-17(2)3)26-19-12-13-27(16-19)20-8-6-5-7-9-20;/h5-11,14,17,19H,4,12-13,15-16H2,1-3H3,(H2,23,25,26);1H. The normalized spacial score (nSPS) is 16.5. The number of hydrogen-bond donors (Lipinski definition) is 2. The zero-order valence-corrected chi connectivity index (χ0v) is 19.8. The molecule has 2 heterocycles. The molecule has 1 aliphatic heterocycles. The molecule has 0 bridgehead atoms. The van der Waals surface area contributed by atoms with Gasteiger partial charge in [-0.3, -0.25) is 0 Å². The maximum absolute atomic E-state index is 5.59. The van der Waals surface area contributed by atoms with Gasteiger partial charge in [-0.2, -0.15) is 0 Å². The van der Waals surface area contributed by atoms with Crippen molar-refractivity contribution in [3.05, 3.63) is 54.2 Å². The molecule has 0 aliphatic carbocycles. The van der Waals surface area contributed by atoms with E-state index in [0.29, 0.717) is 18.5 Å². The fraction of sp³-hybridized carbons (Fsp3) is 0.455. The minimum atomic E-state index is 0. The number of ether oxygens (including phenoxy) is 1. The number of nitrogens with zero attached hydrogens (tertiary/aromatic N) is 3. The second-order valence-electron chi connectivity index (χ2n) is 7.28. The van der Waals surface area contributed by atoms with Crippen molar-refractivity contribution in [3.8, 4) is 5.88 Å². The molecule has 29 heavy (non-hydrogen) atoms. The van der Waals surface area contributed by atoms with E-state index in [4.69, 9.17) is 9.73 Å². The Morgan fingerprint density at radius 2 is 2.03 bits per heavy atom. The van der Waals surface area contributed by atoms with Crippen molar-refractivity contribution >= 4 is 35.6 Å². The Balaban J connectivity index is 0.00000300. The van der Waals surface area contributed by atoms with Crippen LogP contribution < -0.4 is 20.3 Å². The van der Waals surface area contributed by atoms with Crippen molar-refractivity contribution in [1.82, 2.24) is 15.6 Å². The van der Waals surface area contributed by atoms with E-state index >= 15 is 0 Å². The second kappa shape index (κ2) is 11.8. The van der Waals surface area contributed by atoms with Crippen molar-refractivity contribution in [1.29, 1.82) is 0 Å². The summed E-state index contributed by atoms with van der Waals surface area (Å²) in [5.41, 5.74) is 2.34. The smallest absolute Gasteiger partial charge is 0.213 e. The van der Waals surface area contributed by atoms with E-state index in [1.165, 1.54) is 5.69 Å². The average molecular weight is 509 g/mol. The van der Waals surface area contributed by atoms with Crippen LogP contribution in [0.3, 0.4) is 0 Å². The Bertz CT molecular complexity index is 752. The molecule has 1 unspecified atom stereocenters. The summed E-state index contributed by atoms with van der Waals surface area (Å²) >= 11 is 0. The SMILES string of the molecule is CCNC(=NCc1ccc(OC(C)C)nc1)NC1CCN(c2ccccc2)C1.I. The predicted octanol–water partition coefficient (Wildman–Crippen LogP) is 3.82. The molecular weight excluding hydrogens is 477 g/mol. The molecule has 0 saturated carbocycles. The lowest BCUT2D eigenvalue weighted by atomic mass is 10.2. The van der Waals surface area contributed by atoms with Crippen LogP contribution in [0.4, 0.5) is 5.69 Å². The predicted molar refractivity (Wildman–Crippen MR) is 130 cm³/mol. The number of aromatic nitrogens is 1. The van der Waals surface area contributed by atoms with E-state index in [1.54, 1.807) is 0 Å². The highest BCUT2D eigenvalue weighted by Crippen LogP contribution is 2.19. The lowest BCUT2D eigenvalue weighted by Crippen LogP contribution is -2.44. The number of benzene rings is 1. The van der Waals surface area contributed by atoms with Gasteiger partial charge in [-0.1, -0.05) is 24.3 Å². The molecule has 3 rings (SSSR count). The van der Waals surface area contributed by atoms with Crippen LogP contribution >= 0.6 is 24.0 Å². The second-order valence-corrected chi connectivity index (χ2v) is 7.28. The number of pyridine rings is 1. The van der Waals surface area contributed by atoms with Crippen molar-refractivity contribution in [3.63, 3.8) is 0 Å². The molecule has 1 atom stereocenters. The third-order valence-corrected chi connectivity index (χ3v) is 4.57. The summed E-state index contributed by atoms with van der Waals surface area (Å²) in [7, 11) is 0. The molecule has 2 aromatic rings.